The van der Waals surface area contributed by atoms with Crippen molar-refractivity contribution in [3.8, 4) is 0 Å². The van der Waals surface area contributed by atoms with Gasteiger partial charge in [0.2, 0.25) is 0 Å². The van der Waals surface area contributed by atoms with Crippen LogP contribution in [0.1, 0.15) is 0 Å². The highest BCUT2D eigenvalue weighted by Crippen LogP contribution is 1.85. The zero-order chi connectivity index (χ0) is 15.4. The molecule has 0 unspecified atom stereocenters. The van der Waals surface area contributed by atoms with Gasteiger partial charge in [0.25, 0.3) is 0 Å². The zero-order valence-electron chi connectivity index (χ0n) is 11.7. The number of rotatable bonds is 9. The molecule has 20 heavy (non-hydrogen) atoms. The van der Waals surface area contributed by atoms with Gasteiger partial charge in [0.05, 0.1) is 6.54 Å². The zero-order valence-corrected chi connectivity index (χ0v) is 11.7. The third kappa shape index (κ3) is 11.0. The summed E-state index contributed by atoms with van der Waals surface area (Å²) in [4.78, 5) is 34.8. The standard InChI is InChI=1S/C12H20N2O6/c1-4-10(15)18-7-5-13-12(17)20-9-11(16)19-8-6-14(2)3/h4H,1,5-9H2,2-3H3,(H,13,17). The van der Waals surface area contributed by atoms with Crippen molar-refractivity contribution >= 4 is 18.0 Å². The number of likely N-dealkylation sites (N-methyl/N-ethyl adjacent to an activating group) is 1. The van der Waals surface area contributed by atoms with Gasteiger partial charge in [-0.15, -0.1) is 0 Å². The first-order valence-electron chi connectivity index (χ1n) is 5.96. The van der Waals surface area contributed by atoms with Gasteiger partial charge in [0.15, 0.2) is 6.61 Å². The maximum Gasteiger partial charge on any atom is 0.407 e. The van der Waals surface area contributed by atoms with Crippen molar-refractivity contribution in [2.24, 2.45) is 0 Å². The van der Waals surface area contributed by atoms with Crippen LogP contribution in [0.4, 0.5) is 4.79 Å². The summed E-state index contributed by atoms with van der Waals surface area (Å²) >= 11 is 0. The van der Waals surface area contributed by atoms with Gasteiger partial charge in [-0.1, -0.05) is 6.58 Å². The second-order valence-electron chi connectivity index (χ2n) is 3.90. The first kappa shape index (κ1) is 17.9. The Morgan fingerprint density at radius 2 is 1.85 bits per heavy atom. The van der Waals surface area contributed by atoms with Gasteiger partial charge in [-0.25, -0.2) is 14.4 Å². The number of nitrogens with one attached hydrogen (secondary N) is 1. The van der Waals surface area contributed by atoms with Crippen LogP contribution >= 0.6 is 0 Å². The maximum absolute atomic E-state index is 11.2. The van der Waals surface area contributed by atoms with E-state index in [4.69, 9.17) is 4.74 Å². The summed E-state index contributed by atoms with van der Waals surface area (Å²) in [7, 11) is 3.69. The first-order chi connectivity index (χ1) is 9.45. The summed E-state index contributed by atoms with van der Waals surface area (Å²) in [5.74, 6) is -1.20. The number of ether oxygens (including phenoxy) is 3. The minimum absolute atomic E-state index is 0.00671. The van der Waals surface area contributed by atoms with Crippen LogP contribution in [-0.2, 0) is 23.8 Å². The molecule has 0 saturated carbocycles. The van der Waals surface area contributed by atoms with Crippen molar-refractivity contribution in [3.63, 3.8) is 0 Å². The van der Waals surface area contributed by atoms with Gasteiger partial charge in [-0.3, -0.25) is 0 Å². The summed E-state index contributed by atoms with van der Waals surface area (Å²) in [6, 6.07) is 0. The quantitative estimate of drug-likeness (QED) is 0.266. The van der Waals surface area contributed by atoms with E-state index in [0.717, 1.165) is 6.08 Å². The molecule has 0 bridgehead atoms. The Hall–Kier alpha value is -2.09. The van der Waals surface area contributed by atoms with Crippen molar-refractivity contribution in [2.75, 3.05) is 47.0 Å². The smallest absolute Gasteiger partial charge is 0.407 e. The van der Waals surface area contributed by atoms with Gasteiger partial charge in [-0.05, 0) is 14.1 Å². The predicted molar refractivity (Wildman–Crippen MR) is 70.0 cm³/mol. The Labute approximate surface area is 117 Å². The largest absolute Gasteiger partial charge is 0.462 e. The summed E-state index contributed by atoms with van der Waals surface area (Å²) in [5, 5.41) is 2.30. The van der Waals surface area contributed by atoms with Gasteiger partial charge < -0.3 is 24.4 Å². The number of esters is 2. The maximum atomic E-state index is 11.2. The molecule has 0 aliphatic carbocycles. The van der Waals surface area contributed by atoms with Crippen LogP contribution in [0.15, 0.2) is 12.7 Å². The van der Waals surface area contributed by atoms with E-state index < -0.39 is 24.6 Å². The minimum Gasteiger partial charge on any atom is -0.462 e. The highest BCUT2D eigenvalue weighted by atomic mass is 16.6. The van der Waals surface area contributed by atoms with Crippen LogP contribution in [0.3, 0.4) is 0 Å². The van der Waals surface area contributed by atoms with E-state index in [-0.39, 0.29) is 19.8 Å². The van der Waals surface area contributed by atoms with E-state index >= 15 is 0 Å². The van der Waals surface area contributed by atoms with Crippen LogP contribution in [-0.4, -0.2) is 69.9 Å². The lowest BCUT2D eigenvalue weighted by Crippen LogP contribution is -2.30. The molecule has 8 heteroatoms. The van der Waals surface area contributed by atoms with Gasteiger partial charge in [0, 0.05) is 12.6 Å². The molecule has 0 fully saturated rings. The van der Waals surface area contributed by atoms with Crippen molar-refractivity contribution in [2.45, 2.75) is 0 Å². The number of carbonyl (C=O) groups excluding carboxylic acids is 3. The van der Waals surface area contributed by atoms with E-state index in [2.05, 4.69) is 21.4 Å². The fourth-order valence-electron chi connectivity index (χ4n) is 0.923. The molecule has 0 aliphatic rings. The number of alkyl carbamates (subject to hydrolysis) is 1. The van der Waals surface area contributed by atoms with Crippen LogP contribution < -0.4 is 5.32 Å². The fraction of sp³-hybridized carbons (Fsp3) is 0.583. The Bertz CT molecular complexity index is 343. The second-order valence-corrected chi connectivity index (χ2v) is 3.90. The van der Waals surface area contributed by atoms with Crippen molar-refractivity contribution in [1.29, 1.82) is 0 Å². The molecule has 1 N–H and O–H groups in total. The Balaban J connectivity index is 3.54. The molecule has 114 valence electrons. The van der Waals surface area contributed by atoms with Crippen LogP contribution in [0.2, 0.25) is 0 Å². The third-order valence-electron chi connectivity index (χ3n) is 1.91. The predicted octanol–water partition coefficient (Wildman–Crippen LogP) is -0.453. The summed E-state index contributed by atoms with van der Waals surface area (Å²) < 4.78 is 14.0. The third-order valence-corrected chi connectivity index (χ3v) is 1.91. The monoisotopic (exact) mass is 288 g/mol. The Morgan fingerprint density at radius 1 is 1.15 bits per heavy atom. The highest BCUT2D eigenvalue weighted by molar-refractivity contribution is 5.81. The lowest BCUT2D eigenvalue weighted by molar-refractivity contribution is -0.147. The molecule has 0 rings (SSSR count). The normalized spacial score (nSPS) is 9.75. The average Bonchev–Trinajstić information content (AvgIpc) is 2.40. The van der Waals surface area contributed by atoms with E-state index in [1.165, 1.54) is 0 Å². The lowest BCUT2D eigenvalue weighted by Gasteiger charge is -2.10. The molecule has 0 saturated heterocycles. The average molecular weight is 288 g/mol. The van der Waals surface area contributed by atoms with Crippen molar-refractivity contribution < 1.29 is 28.6 Å². The first-order valence-corrected chi connectivity index (χ1v) is 5.96. The molecule has 0 radical (unpaired) electrons. The number of amides is 1. The molecular formula is C12H20N2O6. The SMILES string of the molecule is C=CC(=O)OCCNC(=O)OCC(=O)OCCN(C)C. The number of nitrogens with zero attached hydrogens (tertiary/aromatic N) is 1. The lowest BCUT2D eigenvalue weighted by atomic mass is 10.6. The Morgan fingerprint density at radius 3 is 2.45 bits per heavy atom. The molecule has 0 aromatic heterocycles. The molecule has 0 heterocycles. The minimum atomic E-state index is -0.788. The van der Waals surface area contributed by atoms with Crippen molar-refractivity contribution in [3.05, 3.63) is 12.7 Å². The topological polar surface area (TPSA) is 94.2 Å². The number of hydrogen-bond acceptors (Lipinski definition) is 7. The van der Waals surface area contributed by atoms with Gasteiger partial charge in [0.1, 0.15) is 13.2 Å². The molecule has 0 spiro atoms. The summed E-state index contributed by atoms with van der Waals surface area (Å²) in [6.07, 6.45) is 0.228. The van der Waals surface area contributed by atoms with E-state index in [9.17, 15) is 14.4 Å². The van der Waals surface area contributed by atoms with Gasteiger partial charge >= 0.3 is 18.0 Å². The summed E-state index contributed by atoms with van der Waals surface area (Å²) in [6.45, 7) is 3.64. The van der Waals surface area contributed by atoms with E-state index in [0.29, 0.717) is 6.54 Å². The van der Waals surface area contributed by atoms with Crippen LogP contribution in [0, 0.1) is 0 Å². The Kier molecular flexibility index (Phi) is 9.67. The molecule has 8 nitrogen and oxygen atoms in total. The molecule has 1 amide bonds. The second kappa shape index (κ2) is 10.8. The van der Waals surface area contributed by atoms with Crippen molar-refractivity contribution in [1.82, 2.24) is 10.2 Å². The van der Waals surface area contributed by atoms with E-state index in [1.807, 2.05) is 19.0 Å². The van der Waals surface area contributed by atoms with Crippen LogP contribution in [0.5, 0.6) is 0 Å². The molecule has 0 aliphatic heterocycles. The highest BCUT2D eigenvalue weighted by Gasteiger charge is 2.08. The molecule has 0 atom stereocenters. The van der Waals surface area contributed by atoms with E-state index in [1.54, 1.807) is 0 Å². The molecule has 0 aromatic carbocycles. The number of hydrogen-bond donors (Lipinski definition) is 1. The molecular weight excluding hydrogens is 268 g/mol. The fourth-order valence-corrected chi connectivity index (χ4v) is 0.923. The van der Waals surface area contributed by atoms with Gasteiger partial charge in [-0.2, -0.15) is 0 Å². The van der Waals surface area contributed by atoms with Crippen LogP contribution in [0.25, 0.3) is 0 Å². The summed E-state index contributed by atoms with van der Waals surface area (Å²) in [5.41, 5.74) is 0. The number of carbonyl (C=O) groups is 3. The molecule has 0 aromatic rings.